The van der Waals surface area contributed by atoms with Crippen molar-refractivity contribution in [2.75, 3.05) is 17.1 Å². The first-order valence-electron chi connectivity index (χ1n) is 8.76. The van der Waals surface area contributed by atoms with Crippen LogP contribution in [0.5, 0.6) is 0 Å². The molecule has 1 unspecified atom stereocenters. The second-order valence-corrected chi connectivity index (χ2v) is 7.92. The Morgan fingerprint density at radius 2 is 1.67 bits per heavy atom. The number of nitrogens with one attached hydrogen (secondary N) is 2. The van der Waals surface area contributed by atoms with Crippen LogP contribution in [0.3, 0.4) is 0 Å². The Balaban J connectivity index is 1.66. The lowest BCUT2D eigenvalue weighted by Crippen LogP contribution is -2.24. The van der Waals surface area contributed by atoms with Gasteiger partial charge in [-0.05, 0) is 55.5 Å². The number of carbonyl (C=O) groups is 2. The summed E-state index contributed by atoms with van der Waals surface area (Å²) in [5.74, 6) is -0.845. The molecule has 10 nitrogen and oxygen atoms in total. The molecule has 2 N–H and O–H groups in total. The maximum Gasteiger partial charge on any atom is 0.337 e. The molecular formula is C19H19N5O5S. The Kier molecular flexibility index (Phi) is 6.11. The van der Waals surface area contributed by atoms with Crippen molar-refractivity contribution in [1.82, 2.24) is 14.8 Å². The van der Waals surface area contributed by atoms with Gasteiger partial charge in [0.15, 0.2) is 0 Å². The summed E-state index contributed by atoms with van der Waals surface area (Å²) in [6.45, 7) is 1.68. The highest BCUT2D eigenvalue weighted by Gasteiger charge is 2.17. The van der Waals surface area contributed by atoms with Crippen molar-refractivity contribution in [1.29, 1.82) is 0 Å². The largest absolute Gasteiger partial charge is 0.465 e. The van der Waals surface area contributed by atoms with Gasteiger partial charge in [0.2, 0.25) is 5.91 Å². The van der Waals surface area contributed by atoms with E-state index in [0.29, 0.717) is 11.4 Å². The number of amides is 1. The highest BCUT2D eigenvalue weighted by atomic mass is 32.2. The van der Waals surface area contributed by atoms with Gasteiger partial charge in [0, 0.05) is 11.4 Å². The Hall–Kier alpha value is -3.73. The van der Waals surface area contributed by atoms with Crippen LogP contribution in [-0.4, -0.2) is 42.2 Å². The van der Waals surface area contributed by atoms with E-state index in [1.54, 1.807) is 19.1 Å². The SMILES string of the molecule is COC(=O)c1ccc(S(=O)(=O)Nc2ccc(NC(=O)C(C)n3cncn3)cc2)cc1. The summed E-state index contributed by atoms with van der Waals surface area (Å²) in [7, 11) is -2.60. The smallest absolute Gasteiger partial charge is 0.337 e. The van der Waals surface area contributed by atoms with Crippen molar-refractivity contribution in [2.24, 2.45) is 0 Å². The standard InChI is InChI=1S/C19H19N5O5S/c1-13(24-12-20-11-21-24)18(25)22-15-5-7-16(8-6-15)23-30(27,28)17-9-3-14(4-10-17)19(26)29-2/h3-13,23H,1-2H3,(H,22,25). The number of nitrogens with zero attached hydrogens (tertiary/aromatic N) is 3. The predicted octanol–water partition coefficient (Wildman–Crippen LogP) is 2.07. The Morgan fingerprint density at radius 3 is 2.23 bits per heavy atom. The van der Waals surface area contributed by atoms with Gasteiger partial charge in [-0.15, -0.1) is 0 Å². The molecule has 0 aliphatic rings. The summed E-state index contributed by atoms with van der Waals surface area (Å²) in [6, 6.07) is 11.0. The van der Waals surface area contributed by atoms with E-state index >= 15 is 0 Å². The molecule has 3 rings (SSSR count). The van der Waals surface area contributed by atoms with Crippen LogP contribution < -0.4 is 10.0 Å². The number of anilines is 2. The molecule has 1 aromatic heterocycles. The molecule has 0 saturated carbocycles. The zero-order valence-electron chi connectivity index (χ0n) is 16.1. The summed E-state index contributed by atoms with van der Waals surface area (Å²) < 4.78 is 33.5. The predicted molar refractivity (Wildman–Crippen MR) is 108 cm³/mol. The highest BCUT2D eigenvalue weighted by molar-refractivity contribution is 7.92. The zero-order valence-corrected chi connectivity index (χ0v) is 17.0. The first kappa shape index (κ1) is 21.0. The molecule has 0 spiro atoms. The van der Waals surface area contributed by atoms with Crippen LogP contribution in [0.15, 0.2) is 66.1 Å². The van der Waals surface area contributed by atoms with Gasteiger partial charge in [-0.25, -0.2) is 22.9 Å². The molecule has 30 heavy (non-hydrogen) atoms. The second kappa shape index (κ2) is 8.74. The number of benzene rings is 2. The van der Waals surface area contributed by atoms with E-state index in [0.717, 1.165) is 0 Å². The molecule has 0 bridgehead atoms. The van der Waals surface area contributed by atoms with Crippen LogP contribution in [0.1, 0.15) is 23.3 Å². The van der Waals surface area contributed by atoms with E-state index < -0.39 is 22.0 Å². The van der Waals surface area contributed by atoms with Crippen molar-refractivity contribution < 1.29 is 22.7 Å². The van der Waals surface area contributed by atoms with Crippen molar-refractivity contribution in [3.8, 4) is 0 Å². The molecule has 0 saturated heterocycles. The van der Waals surface area contributed by atoms with E-state index in [9.17, 15) is 18.0 Å². The third kappa shape index (κ3) is 4.81. The number of ether oxygens (including phenoxy) is 1. The number of sulfonamides is 1. The number of hydrogen-bond donors (Lipinski definition) is 2. The summed E-state index contributed by atoms with van der Waals surface area (Å²) in [4.78, 5) is 27.5. The van der Waals surface area contributed by atoms with Crippen molar-refractivity contribution in [3.63, 3.8) is 0 Å². The van der Waals surface area contributed by atoms with Crippen LogP contribution >= 0.6 is 0 Å². The van der Waals surface area contributed by atoms with Gasteiger partial charge >= 0.3 is 5.97 Å². The quantitative estimate of drug-likeness (QED) is 0.549. The maximum atomic E-state index is 12.5. The zero-order chi connectivity index (χ0) is 21.7. The molecule has 3 aromatic rings. The summed E-state index contributed by atoms with van der Waals surface area (Å²) in [6.07, 6.45) is 2.79. The average molecular weight is 429 g/mol. The number of esters is 1. The molecule has 156 valence electrons. The van der Waals surface area contributed by atoms with Gasteiger partial charge in [-0.2, -0.15) is 5.10 Å². The van der Waals surface area contributed by atoms with Gasteiger partial charge in [0.05, 0.1) is 17.6 Å². The first-order chi connectivity index (χ1) is 14.3. The van der Waals surface area contributed by atoms with Gasteiger partial charge in [-0.3, -0.25) is 9.52 Å². The van der Waals surface area contributed by atoms with Gasteiger partial charge < -0.3 is 10.1 Å². The molecule has 11 heteroatoms. The van der Waals surface area contributed by atoms with Crippen molar-refractivity contribution in [2.45, 2.75) is 17.9 Å². The van der Waals surface area contributed by atoms with Gasteiger partial charge in [0.1, 0.15) is 18.7 Å². The number of hydrogen-bond acceptors (Lipinski definition) is 7. The number of carbonyl (C=O) groups excluding carboxylic acids is 2. The summed E-state index contributed by atoms with van der Waals surface area (Å²) >= 11 is 0. The Bertz CT molecular complexity index is 1130. The maximum absolute atomic E-state index is 12.5. The minimum Gasteiger partial charge on any atom is -0.465 e. The highest BCUT2D eigenvalue weighted by Crippen LogP contribution is 2.20. The van der Waals surface area contributed by atoms with E-state index in [1.807, 2.05) is 0 Å². The first-order valence-corrected chi connectivity index (χ1v) is 10.2. The third-order valence-corrected chi connectivity index (χ3v) is 5.60. The molecule has 1 heterocycles. The average Bonchev–Trinajstić information content (AvgIpc) is 3.28. The number of aromatic nitrogens is 3. The molecular weight excluding hydrogens is 410 g/mol. The van der Waals surface area contributed by atoms with E-state index in [-0.39, 0.29) is 16.4 Å². The minimum atomic E-state index is -3.85. The summed E-state index contributed by atoms with van der Waals surface area (Å²) in [5.41, 5.74) is 1.06. The fraction of sp³-hybridized carbons (Fsp3) is 0.158. The van der Waals surface area contributed by atoms with Gasteiger partial charge in [-0.1, -0.05) is 0 Å². The van der Waals surface area contributed by atoms with Crippen LogP contribution in [0.25, 0.3) is 0 Å². The normalized spacial score (nSPS) is 12.1. The lowest BCUT2D eigenvalue weighted by atomic mass is 10.2. The topological polar surface area (TPSA) is 132 Å². The van der Waals surface area contributed by atoms with Crippen LogP contribution in [0.2, 0.25) is 0 Å². The van der Waals surface area contributed by atoms with Crippen molar-refractivity contribution >= 4 is 33.3 Å². The monoisotopic (exact) mass is 429 g/mol. The fourth-order valence-electron chi connectivity index (χ4n) is 2.51. The van der Waals surface area contributed by atoms with Crippen LogP contribution in [-0.2, 0) is 19.6 Å². The van der Waals surface area contributed by atoms with Gasteiger partial charge in [0.25, 0.3) is 10.0 Å². The van der Waals surface area contributed by atoms with E-state index in [1.165, 1.54) is 60.8 Å². The summed E-state index contributed by atoms with van der Waals surface area (Å²) in [5, 5.41) is 6.65. The fourth-order valence-corrected chi connectivity index (χ4v) is 3.57. The molecule has 0 radical (unpaired) electrons. The Morgan fingerprint density at radius 1 is 1.03 bits per heavy atom. The number of rotatable bonds is 7. The van der Waals surface area contributed by atoms with Crippen molar-refractivity contribution in [3.05, 3.63) is 66.7 Å². The lowest BCUT2D eigenvalue weighted by molar-refractivity contribution is -0.119. The molecule has 2 aromatic carbocycles. The lowest BCUT2D eigenvalue weighted by Gasteiger charge is -2.13. The third-order valence-electron chi connectivity index (χ3n) is 4.20. The van der Waals surface area contributed by atoms with E-state index in [4.69, 9.17) is 0 Å². The second-order valence-electron chi connectivity index (χ2n) is 6.24. The van der Waals surface area contributed by atoms with Crippen LogP contribution in [0, 0.1) is 0 Å². The Labute approximate surface area is 172 Å². The molecule has 1 atom stereocenters. The molecule has 1 amide bonds. The minimum absolute atomic E-state index is 0.00538. The molecule has 0 fully saturated rings. The molecule has 0 aliphatic heterocycles. The van der Waals surface area contributed by atoms with E-state index in [2.05, 4.69) is 24.9 Å². The molecule has 0 aliphatic carbocycles. The number of methoxy groups -OCH3 is 1. The van der Waals surface area contributed by atoms with Crippen LogP contribution in [0.4, 0.5) is 11.4 Å².